The fourth-order valence-electron chi connectivity index (χ4n) is 1.73. The van der Waals surface area contributed by atoms with E-state index >= 15 is 0 Å². The van der Waals surface area contributed by atoms with Crippen LogP contribution in [0.1, 0.15) is 5.56 Å². The number of nitrogens with one attached hydrogen (secondary N) is 1. The third-order valence-electron chi connectivity index (χ3n) is 2.73. The topological polar surface area (TPSA) is 32.3 Å². The molecule has 0 unspecified atom stereocenters. The molecule has 1 saturated heterocycles. The number of urea groups is 1. The molecule has 0 radical (unpaired) electrons. The molecule has 5 heteroatoms. The third-order valence-corrected chi connectivity index (χ3v) is 4.16. The zero-order chi connectivity index (χ0) is 12.3. The summed E-state index contributed by atoms with van der Waals surface area (Å²) in [4.78, 5) is 13.9. The normalized spacial score (nSPS) is 15.8. The summed E-state index contributed by atoms with van der Waals surface area (Å²) in [5, 5.41) is 2.96. The number of halogens is 1. The molecule has 1 N–H and O–H groups in total. The highest BCUT2D eigenvalue weighted by Gasteiger charge is 2.16. The lowest BCUT2D eigenvalue weighted by atomic mass is 10.2. The highest BCUT2D eigenvalue weighted by molar-refractivity contribution is 9.10. The lowest BCUT2D eigenvalue weighted by Gasteiger charge is -2.26. The van der Waals surface area contributed by atoms with Gasteiger partial charge in [0.15, 0.2) is 0 Å². The minimum Gasteiger partial charge on any atom is -0.323 e. The van der Waals surface area contributed by atoms with Gasteiger partial charge in [0.25, 0.3) is 0 Å². The Morgan fingerprint density at radius 1 is 1.41 bits per heavy atom. The molecule has 1 aliphatic rings. The van der Waals surface area contributed by atoms with Gasteiger partial charge in [-0.3, -0.25) is 0 Å². The fraction of sp³-hybridized carbons (Fsp3) is 0.417. The van der Waals surface area contributed by atoms with E-state index < -0.39 is 0 Å². The monoisotopic (exact) mass is 314 g/mol. The first-order valence-corrected chi connectivity index (χ1v) is 7.51. The zero-order valence-electron chi connectivity index (χ0n) is 9.70. The smallest absolute Gasteiger partial charge is 0.321 e. The molecule has 0 aromatic heterocycles. The second-order valence-electron chi connectivity index (χ2n) is 3.99. The minimum atomic E-state index is 0.00993. The third kappa shape index (κ3) is 3.39. The zero-order valence-corrected chi connectivity index (χ0v) is 12.1. The largest absolute Gasteiger partial charge is 0.323 e. The summed E-state index contributed by atoms with van der Waals surface area (Å²) in [6, 6.07) is 5.88. The van der Waals surface area contributed by atoms with Crippen LogP contribution in [0, 0.1) is 6.92 Å². The van der Waals surface area contributed by atoms with Gasteiger partial charge in [-0.15, -0.1) is 0 Å². The van der Waals surface area contributed by atoms with Gasteiger partial charge in [-0.05, 0) is 30.7 Å². The molecule has 2 amide bonds. The van der Waals surface area contributed by atoms with Gasteiger partial charge in [0.1, 0.15) is 0 Å². The molecule has 1 aliphatic heterocycles. The van der Waals surface area contributed by atoms with Crippen LogP contribution < -0.4 is 5.32 Å². The van der Waals surface area contributed by atoms with Crippen LogP contribution in [0.2, 0.25) is 0 Å². The molecule has 0 spiro atoms. The number of carbonyl (C=O) groups excluding carboxylic acids is 1. The van der Waals surface area contributed by atoms with Gasteiger partial charge in [0, 0.05) is 34.8 Å². The van der Waals surface area contributed by atoms with E-state index in [0.29, 0.717) is 0 Å². The molecule has 0 saturated carbocycles. The summed E-state index contributed by atoms with van der Waals surface area (Å²) < 4.78 is 1.03. The highest BCUT2D eigenvalue weighted by Crippen LogP contribution is 2.20. The molecule has 0 aliphatic carbocycles. The summed E-state index contributed by atoms with van der Waals surface area (Å²) >= 11 is 5.31. The Bertz CT molecular complexity index is 419. The quantitative estimate of drug-likeness (QED) is 0.862. The predicted molar refractivity (Wildman–Crippen MR) is 76.8 cm³/mol. The number of benzene rings is 1. The lowest BCUT2D eigenvalue weighted by Crippen LogP contribution is -2.40. The molecule has 0 atom stereocenters. The lowest BCUT2D eigenvalue weighted by molar-refractivity contribution is 0.217. The molecule has 92 valence electrons. The summed E-state index contributed by atoms with van der Waals surface area (Å²) in [5.41, 5.74) is 1.95. The van der Waals surface area contributed by atoms with E-state index in [4.69, 9.17) is 0 Å². The average molecular weight is 315 g/mol. The molecule has 1 aromatic carbocycles. The first kappa shape index (κ1) is 12.8. The van der Waals surface area contributed by atoms with E-state index in [-0.39, 0.29) is 6.03 Å². The number of rotatable bonds is 1. The summed E-state index contributed by atoms with van der Waals surface area (Å²) in [6.07, 6.45) is 0. The predicted octanol–water partition coefficient (Wildman–Crippen LogP) is 3.34. The average Bonchev–Trinajstić information content (AvgIpc) is 2.34. The Labute approximate surface area is 114 Å². The number of nitrogens with zero attached hydrogens (tertiary/aromatic N) is 1. The number of hydrogen-bond acceptors (Lipinski definition) is 2. The van der Waals surface area contributed by atoms with Crippen molar-refractivity contribution in [3.8, 4) is 0 Å². The second-order valence-corrected chi connectivity index (χ2v) is 6.13. The van der Waals surface area contributed by atoms with Crippen LogP contribution in [-0.4, -0.2) is 35.5 Å². The molecule has 1 aromatic rings. The van der Waals surface area contributed by atoms with Crippen LogP contribution in [0.5, 0.6) is 0 Å². The molecule has 3 nitrogen and oxygen atoms in total. The van der Waals surface area contributed by atoms with Crippen molar-refractivity contribution >= 4 is 39.4 Å². The van der Waals surface area contributed by atoms with Crippen LogP contribution in [-0.2, 0) is 0 Å². The van der Waals surface area contributed by atoms with Gasteiger partial charge in [-0.2, -0.15) is 11.8 Å². The molecule has 0 bridgehead atoms. The Morgan fingerprint density at radius 2 is 2.12 bits per heavy atom. The molecule has 1 fully saturated rings. The number of aryl methyl sites for hydroxylation is 1. The first-order chi connectivity index (χ1) is 8.16. The summed E-state index contributed by atoms with van der Waals surface area (Å²) in [7, 11) is 0. The number of amides is 2. The second kappa shape index (κ2) is 5.78. The van der Waals surface area contributed by atoms with Gasteiger partial charge >= 0.3 is 6.03 Å². The van der Waals surface area contributed by atoms with Gasteiger partial charge < -0.3 is 10.2 Å². The molecular formula is C12H15BrN2OS. The van der Waals surface area contributed by atoms with Crippen molar-refractivity contribution in [3.63, 3.8) is 0 Å². The number of thioether (sulfide) groups is 1. The molecular weight excluding hydrogens is 300 g/mol. The number of hydrogen-bond donors (Lipinski definition) is 1. The van der Waals surface area contributed by atoms with E-state index in [1.165, 1.54) is 0 Å². The van der Waals surface area contributed by atoms with Crippen molar-refractivity contribution in [1.82, 2.24) is 4.90 Å². The Hall–Kier alpha value is -0.680. The van der Waals surface area contributed by atoms with Gasteiger partial charge in [0.05, 0.1) is 0 Å². The maximum atomic E-state index is 12.0. The van der Waals surface area contributed by atoms with Crippen LogP contribution in [0.25, 0.3) is 0 Å². The van der Waals surface area contributed by atoms with Gasteiger partial charge in [-0.25, -0.2) is 4.79 Å². The van der Waals surface area contributed by atoms with Crippen LogP contribution in [0.3, 0.4) is 0 Å². The summed E-state index contributed by atoms with van der Waals surface area (Å²) in [5.74, 6) is 2.07. The fourth-order valence-corrected chi connectivity index (χ4v) is 3.11. The van der Waals surface area contributed by atoms with Crippen molar-refractivity contribution in [2.45, 2.75) is 6.92 Å². The van der Waals surface area contributed by atoms with E-state index in [9.17, 15) is 4.79 Å². The highest BCUT2D eigenvalue weighted by atomic mass is 79.9. The van der Waals surface area contributed by atoms with Crippen molar-refractivity contribution < 1.29 is 4.79 Å². The SMILES string of the molecule is Cc1cc(Br)ccc1NC(=O)N1CCSCC1. The number of anilines is 1. The Morgan fingerprint density at radius 3 is 2.76 bits per heavy atom. The minimum absolute atomic E-state index is 0.00993. The number of carbonyl (C=O) groups is 1. The maximum Gasteiger partial charge on any atom is 0.321 e. The maximum absolute atomic E-state index is 12.0. The Kier molecular flexibility index (Phi) is 4.34. The molecule has 2 rings (SSSR count). The van der Waals surface area contributed by atoms with Gasteiger partial charge in [0.2, 0.25) is 0 Å². The van der Waals surface area contributed by atoms with Crippen molar-refractivity contribution in [2.75, 3.05) is 29.9 Å². The van der Waals surface area contributed by atoms with Gasteiger partial charge in [-0.1, -0.05) is 15.9 Å². The standard InChI is InChI=1S/C12H15BrN2OS/c1-9-8-10(13)2-3-11(9)14-12(16)15-4-6-17-7-5-15/h2-3,8H,4-7H2,1H3,(H,14,16). The first-order valence-electron chi connectivity index (χ1n) is 5.56. The van der Waals surface area contributed by atoms with Crippen molar-refractivity contribution in [1.29, 1.82) is 0 Å². The molecule has 1 heterocycles. The van der Waals surface area contributed by atoms with Crippen LogP contribution in [0.4, 0.5) is 10.5 Å². The van der Waals surface area contributed by atoms with Crippen LogP contribution in [0.15, 0.2) is 22.7 Å². The van der Waals surface area contributed by atoms with Crippen LogP contribution >= 0.6 is 27.7 Å². The van der Waals surface area contributed by atoms with E-state index in [2.05, 4.69) is 21.2 Å². The van der Waals surface area contributed by atoms with E-state index in [0.717, 1.165) is 40.3 Å². The van der Waals surface area contributed by atoms with Crippen molar-refractivity contribution in [3.05, 3.63) is 28.2 Å². The van der Waals surface area contributed by atoms with E-state index in [1.54, 1.807) is 0 Å². The molecule has 17 heavy (non-hydrogen) atoms. The van der Waals surface area contributed by atoms with Crippen molar-refractivity contribution in [2.24, 2.45) is 0 Å². The Balaban J connectivity index is 2.02. The van der Waals surface area contributed by atoms with E-state index in [1.807, 2.05) is 41.8 Å². The summed E-state index contributed by atoms with van der Waals surface area (Å²) in [6.45, 7) is 3.67.